The summed E-state index contributed by atoms with van der Waals surface area (Å²) < 4.78 is 65.4. The summed E-state index contributed by atoms with van der Waals surface area (Å²) in [5, 5.41) is 0. The van der Waals surface area contributed by atoms with Crippen molar-refractivity contribution in [2.24, 2.45) is 11.8 Å². The van der Waals surface area contributed by atoms with E-state index in [-0.39, 0.29) is 24.4 Å². The van der Waals surface area contributed by atoms with Crippen LogP contribution in [0.5, 0.6) is 23.0 Å². The Morgan fingerprint density at radius 3 is 1.51 bits per heavy atom. The fraction of sp³-hybridized carbons (Fsp3) is 0.311. The Morgan fingerprint density at radius 2 is 0.944 bits per heavy atom. The highest BCUT2D eigenvalue weighted by atomic mass is 16.7. The van der Waals surface area contributed by atoms with Gasteiger partial charge in [0, 0.05) is 5.92 Å². The molecular formula is C61H64O10. The first kappa shape index (κ1) is 49.5. The summed E-state index contributed by atoms with van der Waals surface area (Å²) in [6.45, 7) is 2.95. The maximum absolute atomic E-state index is 7.20. The Hall–Kier alpha value is -6.50. The van der Waals surface area contributed by atoms with Gasteiger partial charge < -0.3 is 47.4 Å². The maximum Gasteiger partial charge on any atom is 0.186 e. The smallest absolute Gasteiger partial charge is 0.186 e. The standard InChI is InChI=1S/C61H64O10/c1-62-54-32-48(29-30-53(54)66-36-44-21-11-5-12-22-44)58-51-34-56(64-3)55(63-2)33-49(51)31-50(40-65-35-43-19-9-4-10-20-43)52(58)41-70-61-60(69-39-47-27-17-8-18-28-47)59(68-38-46-25-15-7-16-26-46)57(42-71-61)67-37-45-23-13-6-14-24-45/h4-30,32-34,50,52,57-61H,31,35-42H2,1-3H3/t50?,52-,57-,58?,59+,60-,61-/m1/s1. The van der Waals surface area contributed by atoms with Crippen molar-refractivity contribution in [3.63, 3.8) is 0 Å². The molecule has 0 spiro atoms. The molecule has 0 aromatic heterocycles. The number of ether oxygens (including phenoxy) is 10. The Labute approximate surface area is 418 Å². The van der Waals surface area contributed by atoms with Gasteiger partial charge in [-0.1, -0.05) is 158 Å². The predicted molar refractivity (Wildman–Crippen MR) is 273 cm³/mol. The van der Waals surface area contributed by atoms with Gasteiger partial charge in [0.05, 0.1) is 67.6 Å². The molecule has 7 aromatic carbocycles. The molecule has 7 aromatic rings. The second kappa shape index (κ2) is 25.1. The lowest BCUT2D eigenvalue weighted by Crippen LogP contribution is -2.57. The Morgan fingerprint density at radius 1 is 0.451 bits per heavy atom. The van der Waals surface area contributed by atoms with Crippen molar-refractivity contribution in [1.29, 1.82) is 0 Å². The van der Waals surface area contributed by atoms with E-state index in [1.54, 1.807) is 21.3 Å². The SMILES string of the molecule is COc1cc2c(cc1OC)C(c1ccc(OCc3ccccc3)c(OC)c1)[C@H](CO[C@@H]1OC[C@@H](OCc3ccccc3)[C@H](OCc3ccccc3)[C@H]1OCc1ccccc1)C(COCc1ccccc1)C2. The van der Waals surface area contributed by atoms with Gasteiger partial charge in [0.2, 0.25) is 0 Å². The molecule has 2 unspecified atom stereocenters. The van der Waals surface area contributed by atoms with E-state index in [0.717, 1.165) is 44.5 Å². The summed E-state index contributed by atoms with van der Waals surface area (Å²) in [7, 11) is 5.03. The molecule has 1 saturated heterocycles. The molecule has 10 heteroatoms. The van der Waals surface area contributed by atoms with Crippen LogP contribution < -0.4 is 18.9 Å². The minimum atomic E-state index is -0.808. The highest BCUT2D eigenvalue weighted by molar-refractivity contribution is 5.54. The van der Waals surface area contributed by atoms with Crippen LogP contribution >= 0.6 is 0 Å². The minimum absolute atomic E-state index is 0.00586. The third kappa shape index (κ3) is 12.9. The summed E-state index contributed by atoms with van der Waals surface area (Å²) in [4.78, 5) is 0. The second-order valence-corrected chi connectivity index (χ2v) is 18.1. The third-order valence-electron chi connectivity index (χ3n) is 13.4. The van der Waals surface area contributed by atoms with Crippen LogP contribution in [-0.2, 0) is 67.9 Å². The van der Waals surface area contributed by atoms with Crippen molar-refractivity contribution in [2.45, 2.75) is 70.0 Å². The molecule has 1 heterocycles. The number of rotatable bonds is 23. The first-order chi connectivity index (χ1) is 35.1. The molecule has 10 nitrogen and oxygen atoms in total. The van der Waals surface area contributed by atoms with Crippen LogP contribution in [0.15, 0.2) is 182 Å². The maximum atomic E-state index is 7.20. The van der Waals surface area contributed by atoms with Gasteiger partial charge in [-0.2, -0.15) is 0 Å². The van der Waals surface area contributed by atoms with Gasteiger partial charge >= 0.3 is 0 Å². The zero-order chi connectivity index (χ0) is 48.6. The van der Waals surface area contributed by atoms with Crippen LogP contribution in [0.1, 0.15) is 50.4 Å². The minimum Gasteiger partial charge on any atom is -0.493 e. The highest BCUT2D eigenvalue weighted by Gasteiger charge is 2.46. The summed E-state index contributed by atoms with van der Waals surface area (Å²) in [5.74, 6) is 2.26. The molecule has 0 saturated carbocycles. The van der Waals surface area contributed by atoms with E-state index in [9.17, 15) is 0 Å². The second-order valence-electron chi connectivity index (χ2n) is 18.1. The Balaban J connectivity index is 1.07. The molecule has 368 valence electrons. The van der Waals surface area contributed by atoms with Crippen molar-refractivity contribution in [3.05, 3.63) is 226 Å². The van der Waals surface area contributed by atoms with Gasteiger partial charge in [-0.25, -0.2) is 0 Å². The Kier molecular flexibility index (Phi) is 17.5. The molecule has 1 fully saturated rings. The largest absolute Gasteiger partial charge is 0.493 e. The average Bonchev–Trinajstić information content (AvgIpc) is 3.43. The van der Waals surface area contributed by atoms with Crippen LogP contribution in [0.4, 0.5) is 0 Å². The van der Waals surface area contributed by atoms with Gasteiger partial charge in [0.25, 0.3) is 0 Å². The van der Waals surface area contributed by atoms with E-state index >= 15 is 0 Å². The molecule has 7 atom stereocenters. The van der Waals surface area contributed by atoms with E-state index in [0.29, 0.717) is 75.7 Å². The fourth-order valence-corrected chi connectivity index (χ4v) is 9.74. The average molecular weight is 957 g/mol. The lowest BCUT2D eigenvalue weighted by atomic mass is 9.66. The Bertz CT molecular complexity index is 2670. The van der Waals surface area contributed by atoms with Crippen LogP contribution in [0, 0.1) is 11.8 Å². The van der Waals surface area contributed by atoms with E-state index in [1.165, 1.54) is 0 Å². The molecule has 0 amide bonds. The molecule has 0 N–H and O–H groups in total. The first-order valence-corrected chi connectivity index (χ1v) is 24.5. The lowest BCUT2D eigenvalue weighted by Gasteiger charge is -2.44. The number of hydrogen-bond acceptors (Lipinski definition) is 10. The van der Waals surface area contributed by atoms with Crippen molar-refractivity contribution >= 4 is 0 Å². The van der Waals surface area contributed by atoms with Crippen molar-refractivity contribution in [3.8, 4) is 23.0 Å². The van der Waals surface area contributed by atoms with Gasteiger partial charge in [-0.15, -0.1) is 0 Å². The normalized spacial score (nSPS) is 20.7. The van der Waals surface area contributed by atoms with Gasteiger partial charge in [0.15, 0.2) is 29.3 Å². The van der Waals surface area contributed by atoms with Crippen LogP contribution in [0.2, 0.25) is 0 Å². The zero-order valence-electron chi connectivity index (χ0n) is 40.8. The molecule has 0 radical (unpaired) electrons. The molecule has 9 rings (SSSR count). The topological polar surface area (TPSA) is 92.3 Å². The predicted octanol–water partition coefficient (Wildman–Crippen LogP) is 11.6. The fourth-order valence-electron chi connectivity index (χ4n) is 9.74. The molecule has 1 aliphatic heterocycles. The monoisotopic (exact) mass is 956 g/mol. The van der Waals surface area contributed by atoms with Crippen molar-refractivity contribution < 1.29 is 47.4 Å². The summed E-state index contributed by atoms with van der Waals surface area (Å²) >= 11 is 0. The highest BCUT2D eigenvalue weighted by Crippen LogP contribution is 2.49. The number of fused-ring (bicyclic) bond motifs is 1. The van der Waals surface area contributed by atoms with Crippen molar-refractivity contribution in [1.82, 2.24) is 0 Å². The van der Waals surface area contributed by atoms with Crippen LogP contribution in [0.25, 0.3) is 0 Å². The number of methoxy groups -OCH3 is 3. The quantitative estimate of drug-likeness (QED) is 0.0617. The summed E-state index contributed by atoms with van der Waals surface area (Å²) in [5.41, 5.74) is 8.57. The first-order valence-electron chi connectivity index (χ1n) is 24.5. The van der Waals surface area contributed by atoms with E-state index in [1.807, 2.05) is 97.1 Å². The van der Waals surface area contributed by atoms with Gasteiger partial charge in [-0.05, 0) is 87.0 Å². The molecular weight excluding hydrogens is 893 g/mol. The summed E-state index contributed by atoms with van der Waals surface area (Å²) in [6, 6.07) is 61.4. The van der Waals surface area contributed by atoms with Gasteiger partial charge in [-0.3, -0.25) is 0 Å². The van der Waals surface area contributed by atoms with Crippen LogP contribution in [-0.4, -0.2) is 65.8 Å². The van der Waals surface area contributed by atoms with E-state index in [4.69, 9.17) is 47.4 Å². The molecule has 1 aliphatic carbocycles. The van der Waals surface area contributed by atoms with E-state index < -0.39 is 24.6 Å². The summed E-state index contributed by atoms with van der Waals surface area (Å²) in [6.07, 6.45) is -1.76. The molecule has 0 bridgehead atoms. The van der Waals surface area contributed by atoms with Crippen LogP contribution in [0.3, 0.4) is 0 Å². The number of hydrogen-bond donors (Lipinski definition) is 0. The van der Waals surface area contributed by atoms with Crippen molar-refractivity contribution in [2.75, 3.05) is 41.2 Å². The van der Waals surface area contributed by atoms with Gasteiger partial charge in [0.1, 0.15) is 24.9 Å². The van der Waals surface area contributed by atoms with E-state index in [2.05, 4.69) is 84.9 Å². The molecule has 71 heavy (non-hydrogen) atoms. The number of benzene rings is 7. The third-order valence-corrected chi connectivity index (χ3v) is 13.4. The zero-order valence-corrected chi connectivity index (χ0v) is 40.8. The lowest BCUT2D eigenvalue weighted by molar-refractivity contribution is -0.302. The molecule has 2 aliphatic rings.